The zero-order chi connectivity index (χ0) is 17.9. The van der Waals surface area contributed by atoms with Crippen molar-refractivity contribution in [1.82, 2.24) is 5.32 Å². The predicted octanol–water partition coefficient (Wildman–Crippen LogP) is 2.95. The van der Waals surface area contributed by atoms with Gasteiger partial charge in [-0.1, -0.05) is 19.8 Å². The smallest absolute Gasteiger partial charge is 0.339 e. The first-order chi connectivity index (χ1) is 11.3. The molecule has 0 aliphatic heterocycles. The van der Waals surface area contributed by atoms with Crippen LogP contribution in [0.4, 0.5) is 5.00 Å². The lowest BCUT2D eigenvalue weighted by molar-refractivity contribution is -0.128. The van der Waals surface area contributed by atoms with E-state index < -0.39 is 17.9 Å². The molecule has 0 aromatic carbocycles. The van der Waals surface area contributed by atoms with Gasteiger partial charge in [0.15, 0.2) is 0 Å². The van der Waals surface area contributed by atoms with Crippen molar-refractivity contribution >= 4 is 34.1 Å². The van der Waals surface area contributed by atoms with Crippen LogP contribution in [0.5, 0.6) is 0 Å². The third-order valence-electron chi connectivity index (χ3n) is 4.49. The van der Waals surface area contributed by atoms with Gasteiger partial charge in [-0.05, 0) is 38.7 Å². The Morgan fingerprint density at radius 1 is 1.29 bits per heavy atom. The van der Waals surface area contributed by atoms with Gasteiger partial charge in [-0.2, -0.15) is 0 Å². The van der Waals surface area contributed by atoms with E-state index in [1.54, 1.807) is 6.92 Å². The first-order valence-electron chi connectivity index (χ1n) is 8.31. The number of aryl methyl sites for hydroxylation is 1. The molecule has 1 aromatic heterocycles. The van der Waals surface area contributed by atoms with E-state index in [-0.39, 0.29) is 17.4 Å². The van der Waals surface area contributed by atoms with Crippen molar-refractivity contribution in [2.75, 3.05) is 5.32 Å². The average molecular weight is 352 g/mol. The molecule has 1 aliphatic carbocycles. The van der Waals surface area contributed by atoms with E-state index in [0.29, 0.717) is 11.4 Å². The molecule has 1 aliphatic rings. The van der Waals surface area contributed by atoms with Gasteiger partial charge in [-0.3, -0.25) is 9.59 Å². The third kappa shape index (κ3) is 3.95. The minimum Gasteiger partial charge on any atom is -0.478 e. The summed E-state index contributed by atoms with van der Waals surface area (Å²) in [6, 6.07) is -0.702. The fraction of sp³-hybridized carbons (Fsp3) is 0.588. The van der Waals surface area contributed by atoms with Crippen LogP contribution >= 0.6 is 11.3 Å². The van der Waals surface area contributed by atoms with E-state index in [4.69, 9.17) is 0 Å². The number of carboxylic acid groups (broad SMARTS) is 1. The number of carbonyl (C=O) groups excluding carboxylic acids is 2. The molecule has 0 radical (unpaired) electrons. The zero-order valence-electron chi connectivity index (χ0n) is 14.3. The second-order valence-electron chi connectivity index (χ2n) is 6.20. The van der Waals surface area contributed by atoms with Crippen LogP contribution in [-0.4, -0.2) is 28.9 Å². The van der Waals surface area contributed by atoms with E-state index in [1.807, 2.05) is 13.8 Å². The molecule has 1 heterocycles. The number of rotatable bonds is 6. The zero-order valence-corrected chi connectivity index (χ0v) is 15.1. The molecule has 1 unspecified atom stereocenters. The molecule has 132 valence electrons. The number of anilines is 1. The van der Waals surface area contributed by atoms with E-state index in [1.165, 1.54) is 11.3 Å². The molecular weight excluding hydrogens is 328 g/mol. The lowest BCUT2D eigenvalue weighted by atomic mass is 10.1. The summed E-state index contributed by atoms with van der Waals surface area (Å²) in [5.74, 6) is -1.54. The number of amides is 2. The number of aromatic carboxylic acids is 1. The van der Waals surface area contributed by atoms with Gasteiger partial charge in [-0.15, -0.1) is 11.3 Å². The number of hydrogen-bond acceptors (Lipinski definition) is 4. The SMILES string of the molecule is CCc1c(C)sc(NC(=O)C(C)NC(=O)C2CCCC2)c1C(=O)O. The van der Waals surface area contributed by atoms with E-state index in [9.17, 15) is 19.5 Å². The average Bonchev–Trinajstić information content (AvgIpc) is 3.14. The summed E-state index contributed by atoms with van der Waals surface area (Å²) in [5.41, 5.74) is 0.896. The molecule has 2 rings (SSSR count). The second-order valence-corrected chi connectivity index (χ2v) is 7.43. The second kappa shape index (κ2) is 7.79. The minimum atomic E-state index is -1.05. The molecular formula is C17H24N2O4S. The Bertz CT molecular complexity index is 647. The Morgan fingerprint density at radius 3 is 2.46 bits per heavy atom. The van der Waals surface area contributed by atoms with Crippen molar-refractivity contribution < 1.29 is 19.5 Å². The molecule has 2 amide bonds. The topological polar surface area (TPSA) is 95.5 Å². The Hall–Kier alpha value is -1.89. The van der Waals surface area contributed by atoms with Gasteiger partial charge in [0.2, 0.25) is 11.8 Å². The maximum absolute atomic E-state index is 12.3. The van der Waals surface area contributed by atoms with Gasteiger partial charge >= 0.3 is 5.97 Å². The third-order valence-corrected chi connectivity index (χ3v) is 5.55. The summed E-state index contributed by atoms with van der Waals surface area (Å²) in [6.45, 7) is 5.35. The van der Waals surface area contributed by atoms with E-state index in [2.05, 4.69) is 10.6 Å². The number of hydrogen-bond donors (Lipinski definition) is 3. The van der Waals surface area contributed by atoms with Gasteiger partial charge < -0.3 is 15.7 Å². The number of nitrogens with one attached hydrogen (secondary N) is 2. The molecule has 0 saturated heterocycles. The molecule has 0 spiro atoms. The van der Waals surface area contributed by atoms with Crippen LogP contribution in [-0.2, 0) is 16.0 Å². The maximum Gasteiger partial charge on any atom is 0.339 e. The summed E-state index contributed by atoms with van der Waals surface area (Å²) in [7, 11) is 0. The molecule has 3 N–H and O–H groups in total. The van der Waals surface area contributed by atoms with Gasteiger partial charge in [0.1, 0.15) is 11.0 Å². The fourth-order valence-electron chi connectivity index (χ4n) is 3.12. The van der Waals surface area contributed by atoms with Gasteiger partial charge in [0, 0.05) is 10.8 Å². The van der Waals surface area contributed by atoms with Crippen molar-refractivity contribution in [3.63, 3.8) is 0 Å². The summed E-state index contributed by atoms with van der Waals surface area (Å²) in [5, 5.41) is 15.2. The van der Waals surface area contributed by atoms with Crippen LogP contribution in [0.25, 0.3) is 0 Å². The standard InChI is InChI=1S/C17H24N2O4S/c1-4-12-10(3)24-16(13(12)17(22)23)19-14(20)9(2)18-15(21)11-7-5-6-8-11/h9,11H,4-8H2,1-3H3,(H,18,21)(H,19,20)(H,22,23). The van der Waals surface area contributed by atoms with Gasteiger partial charge in [0.25, 0.3) is 0 Å². The van der Waals surface area contributed by atoms with Crippen molar-refractivity contribution in [3.8, 4) is 0 Å². The van der Waals surface area contributed by atoms with Gasteiger partial charge in [-0.25, -0.2) is 4.79 Å². The van der Waals surface area contributed by atoms with Gasteiger partial charge in [0.05, 0.1) is 5.56 Å². The maximum atomic E-state index is 12.3. The first kappa shape index (κ1) is 18.4. The van der Waals surface area contributed by atoms with Crippen LogP contribution in [0.3, 0.4) is 0 Å². The van der Waals surface area contributed by atoms with Crippen molar-refractivity contribution in [3.05, 3.63) is 16.0 Å². The highest BCUT2D eigenvalue weighted by molar-refractivity contribution is 7.16. The fourth-order valence-corrected chi connectivity index (χ4v) is 4.26. The Labute approximate surface area is 145 Å². The largest absolute Gasteiger partial charge is 0.478 e. The summed E-state index contributed by atoms with van der Waals surface area (Å²) >= 11 is 1.26. The van der Waals surface area contributed by atoms with Crippen molar-refractivity contribution in [1.29, 1.82) is 0 Å². The highest BCUT2D eigenvalue weighted by atomic mass is 32.1. The molecule has 1 saturated carbocycles. The minimum absolute atomic E-state index is 0.00879. The lowest BCUT2D eigenvalue weighted by Crippen LogP contribution is -2.43. The van der Waals surface area contributed by atoms with Crippen LogP contribution in [0.2, 0.25) is 0 Å². The highest BCUT2D eigenvalue weighted by Crippen LogP contribution is 2.33. The molecule has 6 nitrogen and oxygen atoms in total. The number of carbonyl (C=O) groups is 3. The first-order valence-corrected chi connectivity index (χ1v) is 9.13. The number of carboxylic acids is 1. The van der Waals surface area contributed by atoms with Crippen molar-refractivity contribution in [2.45, 2.75) is 58.9 Å². The molecule has 24 heavy (non-hydrogen) atoms. The monoisotopic (exact) mass is 352 g/mol. The number of thiophene rings is 1. The highest BCUT2D eigenvalue weighted by Gasteiger charge is 2.27. The summed E-state index contributed by atoms with van der Waals surface area (Å²) < 4.78 is 0. The Kier molecular flexibility index (Phi) is 5.99. The summed E-state index contributed by atoms with van der Waals surface area (Å²) in [6.07, 6.45) is 4.43. The molecule has 0 bridgehead atoms. The van der Waals surface area contributed by atoms with E-state index >= 15 is 0 Å². The van der Waals surface area contributed by atoms with Crippen LogP contribution in [0.15, 0.2) is 0 Å². The van der Waals surface area contributed by atoms with Crippen LogP contribution in [0.1, 0.15) is 60.3 Å². The van der Waals surface area contributed by atoms with Crippen molar-refractivity contribution in [2.24, 2.45) is 5.92 Å². The van der Waals surface area contributed by atoms with Crippen LogP contribution < -0.4 is 10.6 Å². The molecule has 7 heteroatoms. The molecule has 1 fully saturated rings. The molecule has 1 aromatic rings. The molecule has 1 atom stereocenters. The summed E-state index contributed by atoms with van der Waals surface area (Å²) in [4.78, 5) is 36.8. The van der Waals surface area contributed by atoms with E-state index in [0.717, 1.165) is 36.1 Å². The quantitative estimate of drug-likeness (QED) is 0.733. The Morgan fingerprint density at radius 2 is 1.92 bits per heavy atom. The lowest BCUT2D eigenvalue weighted by Gasteiger charge is -2.16. The predicted molar refractivity (Wildman–Crippen MR) is 93.6 cm³/mol. The Balaban J connectivity index is 2.06. The normalized spacial score (nSPS) is 16.0. The van der Waals surface area contributed by atoms with Crippen LogP contribution in [0, 0.1) is 12.8 Å².